The molecule has 0 radical (unpaired) electrons. The molecule has 1 aliphatic rings. The summed E-state index contributed by atoms with van der Waals surface area (Å²) < 4.78 is 0. The first-order valence-corrected chi connectivity index (χ1v) is 7.70. The molecule has 1 aliphatic heterocycles. The van der Waals surface area contributed by atoms with Crippen molar-refractivity contribution in [2.45, 2.75) is 38.8 Å². The van der Waals surface area contributed by atoms with E-state index in [-0.39, 0.29) is 6.04 Å². The number of likely N-dealkylation sites (N-methyl/N-ethyl adjacent to an activating group) is 1. The van der Waals surface area contributed by atoms with E-state index >= 15 is 0 Å². The fourth-order valence-corrected chi connectivity index (χ4v) is 3.31. The molecule has 0 aromatic heterocycles. The summed E-state index contributed by atoms with van der Waals surface area (Å²) in [6, 6.07) is 13.7. The normalized spacial score (nSPS) is 21.0. The van der Waals surface area contributed by atoms with E-state index in [1.54, 1.807) is 0 Å². The number of nitriles is 1. The first-order chi connectivity index (χ1) is 9.80. The molecule has 1 aromatic carbocycles. The second-order valence-electron chi connectivity index (χ2n) is 5.45. The van der Waals surface area contributed by atoms with Crippen molar-refractivity contribution in [2.75, 3.05) is 26.2 Å². The molecule has 1 aromatic rings. The highest BCUT2D eigenvalue weighted by Crippen LogP contribution is 2.29. The van der Waals surface area contributed by atoms with E-state index in [4.69, 9.17) is 5.26 Å². The number of hydrogen-bond acceptors (Lipinski definition) is 3. The SMILES string of the molecule is CCN(CC)C1CCN(C(CC#N)c2ccccc2)C1. The van der Waals surface area contributed by atoms with Crippen LogP contribution in [0, 0.1) is 11.3 Å². The van der Waals surface area contributed by atoms with Gasteiger partial charge in [-0.3, -0.25) is 9.80 Å². The van der Waals surface area contributed by atoms with Crippen molar-refractivity contribution >= 4 is 0 Å². The van der Waals surface area contributed by atoms with Crippen LogP contribution < -0.4 is 0 Å². The average Bonchev–Trinajstić information content (AvgIpc) is 2.96. The summed E-state index contributed by atoms with van der Waals surface area (Å²) in [6.45, 7) is 8.88. The Morgan fingerprint density at radius 2 is 2.00 bits per heavy atom. The lowest BCUT2D eigenvalue weighted by Gasteiger charge is -2.29. The molecule has 1 fully saturated rings. The third kappa shape index (κ3) is 3.39. The van der Waals surface area contributed by atoms with Crippen LogP contribution in [-0.4, -0.2) is 42.0 Å². The molecule has 1 saturated heterocycles. The molecule has 2 unspecified atom stereocenters. The van der Waals surface area contributed by atoms with Gasteiger partial charge in [0, 0.05) is 25.2 Å². The highest BCUT2D eigenvalue weighted by atomic mass is 15.3. The van der Waals surface area contributed by atoms with Crippen LogP contribution in [0.1, 0.15) is 38.3 Å². The molecule has 2 atom stereocenters. The zero-order valence-corrected chi connectivity index (χ0v) is 12.6. The Morgan fingerprint density at radius 1 is 1.30 bits per heavy atom. The number of rotatable bonds is 6. The van der Waals surface area contributed by atoms with Gasteiger partial charge < -0.3 is 0 Å². The Kier molecular flexibility index (Phi) is 5.58. The smallest absolute Gasteiger partial charge is 0.0641 e. The molecule has 0 spiro atoms. The van der Waals surface area contributed by atoms with Gasteiger partial charge in [0.15, 0.2) is 0 Å². The van der Waals surface area contributed by atoms with Crippen molar-refractivity contribution in [3.63, 3.8) is 0 Å². The summed E-state index contributed by atoms with van der Waals surface area (Å²) in [5, 5.41) is 9.14. The third-order valence-corrected chi connectivity index (χ3v) is 4.43. The van der Waals surface area contributed by atoms with Gasteiger partial charge in [0.25, 0.3) is 0 Å². The quantitative estimate of drug-likeness (QED) is 0.796. The van der Waals surface area contributed by atoms with Crippen molar-refractivity contribution in [2.24, 2.45) is 0 Å². The number of benzene rings is 1. The number of nitrogens with zero attached hydrogens (tertiary/aromatic N) is 3. The highest BCUT2D eigenvalue weighted by molar-refractivity contribution is 5.20. The van der Waals surface area contributed by atoms with Crippen LogP contribution in [-0.2, 0) is 0 Å². The van der Waals surface area contributed by atoms with E-state index in [0.717, 1.165) is 26.2 Å². The lowest BCUT2D eigenvalue weighted by Crippen LogP contribution is -2.38. The Bertz CT molecular complexity index is 433. The second kappa shape index (κ2) is 7.42. The van der Waals surface area contributed by atoms with Gasteiger partial charge in [-0.2, -0.15) is 5.26 Å². The van der Waals surface area contributed by atoms with Gasteiger partial charge in [0.1, 0.15) is 0 Å². The van der Waals surface area contributed by atoms with Crippen LogP contribution in [0.4, 0.5) is 0 Å². The number of likely N-dealkylation sites (tertiary alicyclic amines) is 1. The Labute approximate surface area is 122 Å². The Morgan fingerprint density at radius 3 is 2.60 bits per heavy atom. The largest absolute Gasteiger partial charge is 0.300 e. The molecule has 3 heteroatoms. The van der Waals surface area contributed by atoms with E-state index < -0.39 is 0 Å². The number of hydrogen-bond donors (Lipinski definition) is 0. The Balaban J connectivity index is 2.07. The summed E-state index contributed by atoms with van der Waals surface area (Å²) in [5.74, 6) is 0. The van der Waals surface area contributed by atoms with Gasteiger partial charge in [0.2, 0.25) is 0 Å². The zero-order chi connectivity index (χ0) is 14.4. The minimum Gasteiger partial charge on any atom is -0.300 e. The lowest BCUT2D eigenvalue weighted by atomic mass is 10.0. The van der Waals surface area contributed by atoms with Gasteiger partial charge in [-0.05, 0) is 25.1 Å². The van der Waals surface area contributed by atoms with Crippen molar-refractivity contribution in [3.8, 4) is 6.07 Å². The van der Waals surface area contributed by atoms with Crippen molar-refractivity contribution in [1.82, 2.24) is 9.80 Å². The van der Waals surface area contributed by atoms with Crippen LogP contribution in [0.25, 0.3) is 0 Å². The zero-order valence-electron chi connectivity index (χ0n) is 12.6. The molecule has 20 heavy (non-hydrogen) atoms. The summed E-state index contributed by atoms with van der Waals surface area (Å²) >= 11 is 0. The van der Waals surface area contributed by atoms with Gasteiger partial charge in [-0.1, -0.05) is 44.2 Å². The van der Waals surface area contributed by atoms with Crippen LogP contribution >= 0.6 is 0 Å². The van der Waals surface area contributed by atoms with Crippen LogP contribution in [0.3, 0.4) is 0 Å². The Hall–Kier alpha value is -1.37. The molecule has 3 nitrogen and oxygen atoms in total. The first kappa shape index (κ1) is 15.0. The maximum atomic E-state index is 9.14. The van der Waals surface area contributed by atoms with E-state index in [9.17, 15) is 0 Å². The van der Waals surface area contributed by atoms with Crippen molar-refractivity contribution in [3.05, 3.63) is 35.9 Å². The van der Waals surface area contributed by atoms with E-state index in [1.165, 1.54) is 12.0 Å². The van der Waals surface area contributed by atoms with Gasteiger partial charge in [0.05, 0.1) is 12.5 Å². The van der Waals surface area contributed by atoms with E-state index in [2.05, 4.69) is 54.0 Å². The molecule has 0 bridgehead atoms. The standard InChI is InChI=1S/C17H25N3/c1-3-19(4-2)16-11-13-20(14-16)17(10-12-18)15-8-6-5-7-9-15/h5-9,16-17H,3-4,10-11,13-14H2,1-2H3. The second-order valence-corrected chi connectivity index (χ2v) is 5.45. The summed E-state index contributed by atoms with van der Waals surface area (Å²) in [6.07, 6.45) is 1.80. The monoisotopic (exact) mass is 271 g/mol. The molecule has 0 amide bonds. The van der Waals surface area contributed by atoms with Gasteiger partial charge in [-0.25, -0.2) is 0 Å². The first-order valence-electron chi connectivity index (χ1n) is 7.70. The molecular formula is C17H25N3. The fraction of sp³-hybridized carbons (Fsp3) is 0.588. The van der Waals surface area contributed by atoms with Crippen LogP contribution in [0.5, 0.6) is 0 Å². The minimum absolute atomic E-state index is 0.252. The van der Waals surface area contributed by atoms with E-state index in [0.29, 0.717) is 12.5 Å². The molecular weight excluding hydrogens is 246 g/mol. The van der Waals surface area contributed by atoms with Crippen molar-refractivity contribution < 1.29 is 0 Å². The van der Waals surface area contributed by atoms with Gasteiger partial charge in [-0.15, -0.1) is 0 Å². The maximum Gasteiger partial charge on any atom is 0.0641 e. The molecule has 0 N–H and O–H groups in total. The topological polar surface area (TPSA) is 30.3 Å². The minimum atomic E-state index is 0.252. The van der Waals surface area contributed by atoms with Crippen molar-refractivity contribution in [1.29, 1.82) is 5.26 Å². The molecule has 108 valence electrons. The van der Waals surface area contributed by atoms with Gasteiger partial charge >= 0.3 is 0 Å². The van der Waals surface area contributed by atoms with E-state index in [1.807, 2.05) is 6.07 Å². The third-order valence-electron chi connectivity index (χ3n) is 4.43. The summed E-state index contributed by atoms with van der Waals surface area (Å²) in [7, 11) is 0. The molecule has 2 rings (SSSR count). The summed E-state index contributed by atoms with van der Waals surface area (Å²) in [5.41, 5.74) is 1.27. The molecule has 0 saturated carbocycles. The maximum absolute atomic E-state index is 9.14. The average molecular weight is 271 g/mol. The molecule has 1 heterocycles. The predicted molar refractivity (Wildman–Crippen MR) is 82.3 cm³/mol. The molecule has 0 aliphatic carbocycles. The van der Waals surface area contributed by atoms with Crippen LogP contribution in [0.2, 0.25) is 0 Å². The lowest BCUT2D eigenvalue weighted by molar-refractivity contribution is 0.188. The summed E-state index contributed by atoms with van der Waals surface area (Å²) in [4.78, 5) is 5.02. The van der Waals surface area contributed by atoms with Crippen LogP contribution in [0.15, 0.2) is 30.3 Å². The predicted octanol–water partition coefficient (Wildman–Crippen LogP) is 3.06. The highest BCUT2D eigenvalue weighted by Gasteiger charge is 2.31. The fourth-order valence-electron chi connectivity index (χ4n) is 3.31.